The third-order valence-corrected chi connectivity index (χ3v) is 4.44. The maximum absolute atomic E-state index is 5.72. The molecule has 0 radical (unpaired) electrons. The Bertz CT molecular complexity index is 315. The van der Waals surface area contributed by atoms with Gasteiger partial charge in [0.25, 0.3) is 0 Å². The maximum Gasteiger partial charge on any atom is 0.193 e. The van der Waals surface area contributed by atoms with Crippen LogP contribution in [0.15, 0.2) is 16.5 Å². The highest BCUT2D eigenvalue weighted by atomic mass is 35.5. The van der Waals surface area contributed by atoms with Crippen molar-refractivity contribution in [3.63, 3.8) is 0 Å². The molecule has 0 saturated heterocycles. The normalized spacial score (nSPS) is 26.0. The van der Waals surface area contributed by atoms with Gasteiger partial charge in [-0.3, -0.25) is 0 Å². The molecule has 0 aromatic carbocycles. The van der Waals surface area contributed by atoms with Crippen LogP contribution >= 0.6 is 23.4 Å². The van der Waals surface area contributed by atoms with E-state index in [2.05, 4.69) is 5.32 Å². The third kappa shape index (κ3) is 3.16. The van der Waals surface area contributed by atoms with Crippen LogP contribution in [-0.4, -0.2) is 18.3 Å². The second kappa shape index (κ2) is 5.28. The first-order valence-corrected chi connectivity index (χ1v) is 6.73. The van der Waals surface area contributed by atoms with Crippen LogP contribution in [0.1, 0.15) is 25.0 Å². The molecule has 1 saturated carbocycles. The lowest BCUT2D eigenvalue weighted by atomic mass is 10.3. The Hall–Kier alpha value is -0.120. The quantitative estimate of drug-likeness (QED) is 0.881. The minimum atomic E-state index is 0.491. The fourth-order valence-corrected chi connectivity index (χ4v) is 3.37. The number of rotatable bonds is 4. The van der Waals surface area contributed by atoms with Crippen molar-refractivity contribution in [1.82, 2.24) is 5.32 Å². The van der Waals surface area contributed by atoms with E-state index in [1.54, 1.807) is 0 Å². The molecule has 84 valence electrons. The largest absolute Gasteiger partial charge is 0.449 e. The molecule has 0 bridgehead atoms. The van der Waals surface area contributed by atoms with Crippen LogP contribution in [0.25, 0.3) is 0 Å². The Morgan fingerprint density at radius 2 is 2.40 bits per heavy atom. The summed E-state index contributed by atoms with van der Waals surface area (Å²) in [6, 6.07) is 4.48. The summed E-state index contributed by atoms with van der Waals surface area (Å²) in [5.41, 5.74) is 0. The first-order chi connectivity index (χ1) is 7.28. The van der Waals surface area contributed by atoms with Gasteiger partial charge in [0.2, 0.25) is 0 Å². The highest BCUT2D eigenvalue weighted by Crippen LogP contribution is 2.32. The molecule has 1 N–H and O–H groups in total. The molecule has 0 aliphatic heterocycles. The average molecular weight is 246 g/mol. The Labute approximate surface area is 99.8 Å². The Morgan fingerprint density at radius 3 is 3.00 bits per heavy atom. The summed E-state index contributed by atoms with van der Waals surface area (Å²) in [6.45, 7) is 0. The number of thioether (sulfide) groups is 1. The summed E-state index contributed by atoms with van der Waals surface area (Å²) in [7, 11) is 2.05. The fourth-order valence-electron chi connectivity index (χ4n) is 1.98. The summed E-state index contributed by atoms with van der Waals surface area (Å²) in [6.07, 6.45) is 3.88. The molecule has 2 atom stereocenters. The van der Waals surface area contributed by atoms with Crippen LogP contribution in [0, 0.1) is 0 Å². The number of halogens is 1. The van der Waals surface area contributed by atoms with E-state index < -0.39 is 0 Å². The van der Waals surface area contributed by atoms with Crippen molar-refractivity contribution in [2.45, 2.75) is 36.3 Å². The molecule has 2 rings (SSSR count). The van der Waals surface area contributed by atoms with E-state index >= 15 is 0 Å². The van der Waals surface area contributed by atoms with Gasteiger partial charge in [-0.15, -0.1) is 0 Å². The molecule has 0 spiro atoms. The molecule has 1 aromatic rings. The average Bonchev–Trinajstić information content (AvgIpc) is 2.83. The molecule has 15 heavy (non-hydrogen) atoms. The fraction of sp³-hybridized carbons (Fsp3) is 0.636. The van der Waals surface area contributed by atoms with Crippen molar-refractivity contribution in [1.29, 1.82) is 0 Å². The highest BCUT2D eigenvalue weighted by molar-refractivity contribution is 7.99. The molecule has 2 nitrogen and oxygen atoms in total. The number of nitrogens with one attached hydrogen (secondary N) is 1. The van der Waals surface area contributed by atoms with Gasteiger partial charge in [-0.1, -0.05) is 0 Å². The SMILES string of the molecule is CNC1CCC(SCc2ccc(Cl)o2)C1. The maximum atomic E-state index is 5.72. The molecule has 0 amide bonds. The second-order valence-corrected chi connectivity index (χ2v) is 5.60. The number of hydrogen-bond acceptors (Lipinski definition) is 3. The zero-order valence-corrected chi connectivity index (χ0v) is 10.4. The van der Waals surface area contributed by atoms with Gasteiger partial charge in [-0.25, -0.2) is 0 Å². The van der Waals surface area contributed by atoms with Crippen LogP contribution in [0.4, 0.5) is 0 Å². The Morgan fingerprint density at radius 1 is 1.53 bits per heavy atom. The summed E-state index contributed by atoms with van der Waals surface area (Å²) < 4.78 is 5.33. The summed E-state index contributed by atoms with van der Waals surface area (Å²) >= 11 is 7.69. The molecular formula is C11H16ClNOS. The number of hydrogen-bond donors (Lipinski definition) is 1. The van der Waals surface area contributed by atoms with Gasteiger partial charge in [0, 0.05) is 11.3 Å². The first kappa shape index (κ1) is 11.4. The monoisotopic (exact) mass is 245 g/mol. The van der Waals surface area contributed by atoms with Crippen molar-refractivity contribution in [2.24, 2.45) is 0 Å². The van der Waals surface area contributed by atoms with Gasteiger partial charge in [-0.2, -0.15) is 11.8 Å². The van der Waals surface area contributed by atoms with E-state index in [1.807, 2.05) is 30.9 Å². The van der Waals surface area contributed by atoms with E-state index in [1.165, 1.54) is 19.3 Å². The lowest BCUT2D eigenvalue weighted by molar-refractivity contribution is 0.532. The van der Waals surface area contributed by atoms with E-state index in [0.717, 1.165) is 16.8 Å². The Balaban J connectivity index is 1.75. The molecule has 2 unspecified atom stereocenters. The summed E-state index contributed by atoms with van der Waals surface area (Å²) in [4.78, 5) is 0. The van der Waals surface area contributed by atoms with Crippen molar-refractivity contribution in [2.75, 3.05) is 7.05 Å². The molecule has 1 aliphatic carbocycles. The van der Waals surface area contributed by atoms with Crippen LogP contribution < -0.4 is 5.32 Å². The molecule has 1 fully saturated rings. The van der Waals surface area contributed by atoms with Crippen LogP contribution in [0.5, 0.6) is 0 Å². The highest BCUT2D eigenvalue weighted by Gasteiger charge is 2.23. The molecule has 1 aromatic heterocycles. The van der Waals surface area contributed by atoms with Crippen molar-refractivity contribution in [3.8, 4) is 0 Å². The smallest absolute Gasteiger partial charge is 0.193 e. The van der Waals surface area contributed by atoms with Gasteiger partial charge in [-0.05, 0) is 50.0 Å². The van der Waals surface area contributed by atoms with Crippen molar-refractivity contribution < 1.29 is 4.42 Å². The van der Waals surface area contributed by atoms with Crippen LogP contribution in [-0.2, 0) is 5.75 Å². The molecular weight excluding hydrogens is 230 g/mol. The van der Waals surface area contributed by atoms with E-state index in [4.69, 9.17) is 16.0 Å². The van der Waals surface area contributed by atoms with Gasteiger partial charge >= 0.3 is 0 Å². The topological polar surface area (TPSA) is 25.2 Å². The van der Waals surface area contributed by atoms with Gasteiger partial charge < -0.3 is 9.73 Å². The molecule has 1 aliphatic rings. The minimum absolute atomic E-state index is 0.491. The van der Waals surface area contributed by atoms with Gasteiger partial charge in [0.05, 0.1) is 5.75 Å². The number of furan rings is 1. The third-order valence-electron chi connectivity index (χ3n) is 2.88. The van der Waals surface area contributed by atoms with Gasteiger partial charge in [0.15, 0.2) is 5.22 Å². The van der Waals surface area contributed by atoms with E-state index in [-0.39, 0.29) is 0 Å². The van der Waals surface area contributed by atoms with Crippen molar-refractivity contribution >= 4 is 23.4 Å². The standard InChI is InChI=1S/C11H16ClNOS/c1-13-8-2-4-10(6-8)15-7-9-3-5-11(12)14-9/h3,5,8,10,13H,2,4,6-7H2,1H3. The lowest BCUT2D eigenvalue weighted by Gasteiger charge is -2.09. The zero-order valence-electron chi connectivity index (χ0n) is 8.83. The van der Waals surface area contributed by atoms with Crippen molar-refractivity contribution in [3.05, 3.63) is 23.1 Å². The second-order valence-electron chi connectivity index (χ2n) is 3.94. The van der Waals surface area contributed by atoms with Gasteiger partial charge in [0.1, 0.15) is 5.76 Å². The van der Waals surface area contributed by atoms with E-state index in [0.29, 0.717) is 11.3 Å². The minimum Gasteiger partial charge on any atom is -0.449 e. The predicted octanol–water partition coefficient (Wildman–Crippen LogP) is 3.31. The molecule has 4 heteroatoms. The first-order valence-electron chi connectivity index (χ1n) is 5.31. The Kier molecular flexibility index (Phi) is 4.00. The lowest BCUT2D eigenvalue weighted by Crippen LogP contribution is -2.21. The van der Waals surface area contributed by atoms with Crippen LogP contribution in [0.3, 0.4) is 0 Å². The molecule has 1 heterocycles. The predicted molar refractivity (Wildman–Crippen MR) is 65.5 cm³/mol. The summed E-state index contributed by atoms with van der Waals surface area (Å²) in [5, 5.41) is 4.60. The van der Waals surface area contributed by atoms with Crippen LogP contribution in [0.2, 0.25) is 5.22 Å². The van der Waals surface area contributed by atoms with E-state index in [9.17, 15) is 0 Å². The zero-order chi connectivity index (χ0) is 10.7. The summed E-state index contributed by atoms with van der Waals surface area (Å²) in [5.74, 6) is 1.92.